The smallest absolute Gasteiger partial charge is 0.0763 e. The molecule has 0 aliphatic rings. The molecule has 0 aromatic carbocycles. The molecular weight excluding hydrogens is 164 g/mol. The molecule has 1 atom stereocenters. The van der Waals surface area contributed by atoms with Crippen molar-refractivity contribution >= 4 is 0 Å². The van der Waals surface area contributed by atoms with Crippen LogP contribution in [0.1, 0.15) is 34.6 Å². The number of hydrogen-bond donors (Lipinski definition) is 3. The Balaban J connectivity index is 0. The third-order valence-corrected chi connectivity index (χ3v) is 1.05. The van der Waals surface area contributed by atoms with Gasteiger partial charge in [-0.05, 0) is 27.0 Å². The van der Waals surface area contributed by atoms with Crippen LogP contribution >= 0.6 is 0 Å². The Kier molecular flexibility index (Phi) is 9.29. The zero-order valence-corrected chi connectivity index (χ0v) is 9.46. The summed E-state index contributed by atoms with van der Waals surface area (Å²) in [5.74, 6) is 0. The van der Waals surface area contributed by atoms with Crippen molar-refractivity contribution in [3.63, 3.8) is 0 Å². The molecule has 0 spiro atoms. The molecule has 0 radical (unpaired) electrons. The summed E-state index contributed by atoms with van der Waals surface area (Å²) in [5, 5.41) is 12.2. The molecule has 13 heavy (non-hydrogen) atoms. The molecule has 4 N–H and O–H groups in total. The molecule has 0 aromatic heterocycles. The Labute approximate surface area is 82.0 Å². The first-order valence-corrected chi connectivity index (χ1v) is 4.80. The summed E-state index contributed by atoms with van der Waals surface area (Å²) in [7, 11) is 0. The van der Waals surface area contributed by atoms with E-state index in [1.165, 1.54) is 0 Å². The highest BCUT2D eigenvalue weighted by Gasteiger charge is 2.09. The minimum Gasteiger partial charge on any atom is -0.389 e. The molecule has 0 amide bonds. The molecule has 0 saturated carbocycles. The van der Waals surface area contributed by atoms with Crippen molar-refractivity contribution in [2.24, 2.45) is 5.73 Å². The molecule has 0 bridgehead atoms. The van der Waals surface area contributed by atoms with Crippen molar-refractivity contribution in [3.05, 3.63) is 12.3 Å². The molecule has 80 valence electrons. The molecule has 0 aromatic rings. The fourth-order valence-corrected chi connectivity index (χ4v) is 0.529. The number of hydrogen-bond acceptors (Lipinski definition) is 3. The van der Waals surface area contributed by atoms with Gasteiger partial charge in [-0.3, -0.25) is 0 Å². The Morgan fingerprint density at radius 2 is 1.92 bits per heavy atom. The van der Waals surface area contributed by atoms with E-state index in [9.17, 15) is 5.11 Å². The van der Waals surface area contributed by atoms with Crippen molar-refractivity contribution in [1.29, 1.82) is 0 Å². The zero-order valence-electron chi connectivity index (χ0n) is 9.46. The lowest BCUT2D eigenvalue weighted by molar-refractivity contribution is 0.0835. The molecule has 3 heteroatoms. The van der Waals surface area contributed by atoms with Crippen LogP contribution in [0.4, 0.5) is 0 Å². The summed E-state index contributed by atoms with van der Waals surface area (Å²) in [4.78, 5) is 0. The lowest BCUT2D eigenvalue weighted by atomic mass is 10.1. The standard InChI is InChI=1S/C8H18N2O.C2H6/c1-7(9)4-5-10-6-8(2,3)11;1-2/h4-5,7,10-11H,6,9H2,1-3H3;1-2H3/b5-4-;. The quantitative estimate of drug-likeness (QED) is 0.622. The first-order chi connectivity index (χ1) is 5.92. The fraction of sp³-hybridized carbons (Fsp3) is 0.800. The van der Waals surface area contributed by atoms with Crippen LogP contribution < -0.4 is 11.1 Å². The van der Waals surface area contributed by atoms with Crippen LogP contribution in [-0.2, 0) is 0 Å². The van der Waals surface area contributed by atoms with E-state index in [0.717, 1.165) is 0 Å². The maximum absolute atomic E-state index is 9.26. The van der Waals surface area contributed by atoms with E-state index in [-0.39, 0.29) is 6.04 Å². The van der Waals surface area contributed by atoms with Crippen molar-refractivity contribution in [3.8, 4) is 0 Å². The highest BCUT2D eigenvalue weighted by atomic mass is 16.3. The average Bonchev–Trinajstić information content (AvgIpc) is 2.00. The summed E-state index contributed by atoms with van der Waals surface area (Å²) in [5.41, 5.74) is 4.79. The third kappa shape index (κ3) is 18.4. The van der Waals surface area contributed by atoms with Crippen LogP contribution in [0.15, 0.2) is 12.3 Å². The van der Waals surface area contributed by atoms with Gasteiger partial charge in [-0.2, -0.15) is 0 Å². The van der Waals surface area contributed by atoms with Gasteiger partial charge in [0.05, 0.1) is 5.60 Å². The van der Waals surface area contributed by atoms with Crippen LogP contribution in [0.5, 0.6) is 0 Å². The molecule has 3 nitrogen and oxygen atoms in total. The number of aliphatic hydroxyl groups is 1. The van der Waals surface area contributed by atoms with Gasteiger partial charge in [0.1, 0.15) is 0 Å². The molecular formula is C10H24N2O. The summed E-state index contributed by atoms with van der Waals surface area (Å²) >= 11 is 0. The van der Waals surface area contributed by atoms with Gasteiger partial charge >= 0.3 is 0 Å². The maximum Gasteiger partial charge on any atom is 0.0763 e. The number of rotatable bonds is 4. The number of nitrogens with one attached hydrogen (secondary N) is 1. The van der Waals surface area contributed by atoms with E-state index < -0.39 is 5.60 Å². The SMILES string of the molecule is CC.CC(N)/C=C\NCC(C)(C)O. The van der Waals surface area contributed by atoms with Crippen LogP contribution in [0.2, 0.25) is 0 Å². The van der Waals surface area contributed by atoms with Gasteiger partial charge in [-0.1, -0.05) is 19.9 Å². The van der Waals surface area contributed by atoms with Crippen LogP contribution in [0.3, 0.4) is 0 Å². The Morgan fingerprint density at radius 1 is 1.46 bits per heavy atom. The summed E-state index contributed by atoms with van der Waals surface area (Å²) in [6.45, 7) is 9.93. The third-order valence-electron chi connectivity index (χ3n) is 1.05. The molecule has 0 aliphatic carbocycles. The van der Waals surface area contributed by atoms with E-state index in [2.05, 4.69) is 5.32 Å². The second-order valence-electron chi connectivity index (χ2n) is 3.41. The topological polar surface area (TPSA) is 58.3 Å². The van der Waals surface area contributed by atoms with Crippen LogP contribution in [-0.4, -0.2) is 23.3 Å². The highest BCUT2D eigenvalue weighted by molar-refractivity contribution is 4.88. The van der Waals surface area contributed by atoms with E-state index in [1.54, 1.807) is 20.0 Å². The van der Waals surface area contributed by atoms with Crippen molar-refractivity contribution in [1.82, 2.24) is 5.32 Å². The lowest BCUT2D eigenvalue weighted by Crippen LogP contribution is -2.32. The number of nitrogens with two attached hydrogens (primary N) is 1. The molecule has 0 saturated heterocycles. The summed E-state index contributed by atoms with van der Waals surface area (Å²) in [6, 6.07) is 0.0595. The van der Waals surface area contributed by atoms with Gasteiger partial charge in [0.25, 0.3) is 0 Å². The second-order valence-corrected chi connectivity index (χ2v) is 3.41. The van der Waals surface area contributed by atoms with E-state index in [0.29, 0.717) is 6.54 Å². The first-order valence-electron chi connectivity index (χ1n) is 4.80. The van der Waals surface area contributed by atoms with Crippen LogP contribution in [0.25, 0.3) is 0 Å². The molecule has 1 unspecified atom stereocenters. The molecule has 0 aliphatic heterocycles. The maximum atomic E-state index is 9.26. The summed E-state index contributed by atoms with van der Waals surface area (Å²) in [6.07, 6.45) is 3.61. The van der Waals surface area contributed by atoms with Gasteiger partial charge in [0.15, 0.2) is 0 Å². The van der Waals surface area contributed by atoms with E-state index in [1.807, 2.05) is 26.8 Å². The van der Waals surface area contributed by atoms with Gasteiger partial charge in [0.2, 0.25) is 0 Å². The Bertz CT molecular complexity index is 125. The second kappa shape index (κ2) is 8.08. The van der Waals surface area contributed by atoms with Gasteiger partial charge < -0.3 is 16.2 Å². The first kappa shape index (κ1) is 15.0. The van der Waals surface area contributed by atoms with E-state index >= 15 is 0 Å². The predicted octanol–water partition coefficient (Wildman–Crippen LogP) is 1.23. The highest BCUT2D eigenvalue weighted by Crippen LogP contribution is 1.96. The average molecular weight is 188 g/mol. The van der Waals surface area contributed by atoms with Gasteiger partial charge in [-0.15, -0.1) is 0 Å². The van der Waals surface area contributed by atoms with E-state index in [4.69, 9.17) is 5.73 Å². The normalized spacial score (nSPS) is 13.5. The molecule has 0 rings (SSSR count). The van der Waals surface area contributed by atoms with Crippen LogP contribution in [0, 0.1) is 0 Å². The minimum absolute atomic E-state index is 0.0595. The Morgan fingerprint density at radius 3 is 2.23 bits per heavy atom. The molecule has 0 heterocycles. The fourth-order valence-electron chi connectivity index (χ4n) is 0.529. The predicted molar refractivity (Wildman–Crippen MR) is 58.4 cm³/mol. The van der Waals surface area contributed by atoms with Crippen molar-refractivity contribution in [2.75, 3.05) is 6.54 Å². The lowest BCUT2D eigenvalue weighted by Gasteiger charge is -2.16. The van der Waals surface area contributed by atoms with Crippen molar-refractivity contribution in [2.45, 2.75) is 46.3 Å². The van der Waals surface area contributed by atoms with Crippen molar-refractivity contribution < 1.29 is 5.11 Å². The monoisotopic (exact) mass is 188 g/mol. The van der Waals surface area contributed by atoms with Gasteiger partial charge in [-0.25, -0.2) is 0 Å². The summed E-state index contributed by atoms with van der Waals surface area (Å²) < 4.78 is 0. The Hall–Kier alpha value is -0.540. The molecule has 0 fully saturated rings. The zero-order chi connectivity index (χ0) is 10.9. The minimum atomic E-state index is -0.665. The largest absolute Gasteiger partial charge is 0.389 e. The van der Waals surface area contributed by atoms with Gasteiger partial charge in [0, 0.05) is 12.6 Å².